The zero-order valence-electron chi connectivity index (χ0n) is 16.2. The van der Waals surface area contributed by atoms with Gasteiger partial charge in [-0.05, 0) is 57.7 Å². The molecule has 2 rings (SSSR count). The maximum absolute atomic E-state index is 12.4. The van der Waals surface area contributed by atoms with E-state index in [0.29, 0.717) is 38.0 Å². The average molecular weight is 375 g/mol. The molecule has 1 aromatic carbocycles. The molecule has 0 radical (unpaired) electrons. The molecule has 1 aliphatic carbocycles. The predicted molar refractivity (Wildman–Crippen MR) is 103 cm³/mol. The standard InChI is InChI=1S/C20H29N3O4/c1-4-23(5-2)20(27)22-17-10-8-14(9-11-17)13(3)21-18(24)15-6-7-16(12-15)19(25)26/h8-11,13,15-16H,4-7,12H2,1-3H3,(H,21,24)(H,22,27)(H,25,26)/t13?,15-,16+/m1/s1. The number of carboxylic acid groups (broad SMARTS) is 1. The van der Waals surface area contributed by atoms with Crippen LogP contribution in [0, 0.1) is 11.8 Å². The molecule has 0 bridgehead atoms. The summed E-state index contributed by atoms with van der Waals surface area (Å²) in [4.78, 5) is 37.2. The van der Waals surface area contributed by atoms with Gasteiger partial charge < -0.3 is 20.6 Å². The second kappa shape index (κ2) is 9.39. The molecule has 0 saturated heterocycles. The van der Waals surface area contributed by atoms with Crippen molar-refractivity contribution in [2.24, 2.45) is 11.8 Å². The number of hydrogen-bond donors (Lipinski definition) is 3. The zero-order valence-corrected chi connectivity index (χ0v) is 16.2. The lowest BCUT2D eigenvalue weighted by Crippen LogP contribution is -2.34. The number of hydrogen-bond acceptors (Lipinski definition) is 3. The highest BCUT2D eigenvalue weighted by Gasteiger charge is 2.34. The Morgan fingerprint density at radius 2 is 1.70 bits per heavy atom. The van der Waals surface area contributed by atoms with E-state index in [1.807, 2.05) is 45.0 Å². The number of rotatable bonds is 7. The van der Waals surface area contributed by atoms with Crippen LogP contribution >= 0.6 is 0 Å². The molecule has 3 atom stereocenters. The van der Waals surface area contributed by atoms with Crippen molar-refractivity contribution in [2.75, 3.05) is 18.4 Å². The molecule has 1 aromatic rings. The fourth-order valence-electron chi connectivity index (χ4n) is 3.43. The Bertz CT molecular complexity index is 670. The second-order valence-electron chi connectivity index (χ2n) is 7.00. The van der Waals surface area contributed by atoms with E-state index in [-0.39, 0.29) is 23.9 Å². The zero-order chi connectivity index (χ0) is 20.0. The van der Waals surface area contributed by atoms with E-state index in [2.05, 4.69) is 10.6 Å². The van der Waals surface area contributed by atoms with Crippen molar-refractivity contribution in [3.05, 3.63) is 29.8 Å². The number of urea groups is 1. The van der Waals surface area contributed by atoms with Gasteiger partial charge in [0, 0.05) is 24.7 Å². The molecule has 3 amide bonds. The number of aliphatic carboxylic acids is 1. The van der Waals surface area contributed by atoms with E-state index >= 15 is 0 Å². The molecule has 0 aromatic heterocycles. The molecule has 1 aliphatic rings. The third kappa shape index (κ3) is 5.45. The van der Waals surface area contributed by atoms with Gasteiger partial charge in [0.25, 0.3) is 0 Å². The third-order valence-electron chi connectivity index (χ3n) is 5.22. The van der Waals surface area contributed by atoms with Crippen LogP contribution in [0.15, 0.2) is 24.3 Å². The van der Waals surface area contributed by atoms with Gasteiger partial charge in [-0.3, -0.25) is 9.59 Å². The van der Waals surface area contributed by atoms with Crippen LogP contribution < -0.4 is 10.6 Å². The smallest absolute Gasteiger partial charge is 0.321 e. The Balaban J connectivity index is 1.90. The molecule has 0 spiro atoms. The van der Waals surface area contributed by atoms with Gasteiger partial charge in [0.05, 0.1) is 12.0 Å². The number of anilines is 1. The number of nitrogens with zero attached hydrogens (tertiary/aromatic N) is 1. The van der Waals surface area contributed by atoms with Gasteiger partial charge in [0.1, 0.15) is 0 Å². The van der Waals surface area contributed by atoms with Crippen LogP contribution in [0.3, 0.4) is 0 Å². The SMILES string of the molecule is CCN(CC)C(=O)Nc1ccc(C(C)NC(=O)[C@@H]2CC[C@H](C(=O)O)C2)cc1. The first kappa shape index (κ1) is 20.7. The summed E-state index contributed by atoms with van der Waals surface area (Å²) in [5, 5.41) is 14.9. The van der Waals surface area contributed by atoms with Crippen LogP contribution in [0.1, 0.15) is 51.6 Å². The molecule has 7 nitrogen and oxygen atoms in total. The Hall–Kier alpha value is -2.57. The lowest BCUT2D eigenvalue weighted by Gasteiger charge is -2.20. The molecule has 1 saturated carbocycles. The van der Waals surface area contributed by atoms with Crippen molar-refractivity contribution in [3.63, 3.8) is 0 Å². The minimum absolute atomic E-state index is 0.0924. The van der Waals surface area contributed by atoms with Crippen LogP contribution in [0.25, 0.3) is 0 Å². The van der Waals surface area contributed by atoms with E-state index in [0.717, 1.165) is 5.56 Å². The summed E-state index contributed by atoms with van der Waals surface area (Å²) >= 11 is 0. The normalized spacial score (nSPS) is 20.0. The van der Waals surface area contributed by atoms with Crippen LogP contribution in [0.2, 0.25) is 0 Å². The van der Waals surface area contributed by atoms with Gasteiger partial charge in [-0.25, -0.2) is 4.79 Å². The molecule has 7 heteroatoms. The number of nitrogens with one attached hydrogen (secondary N) is 2. The number of carbonyl (C=O) groups excluding carboxylic acids is 2. The van der Waals surface area contributed by atoms with Gasteiger partial charge in [0.15, 0.2) is 0 Å². The van der Waals surface area contributed by atoms with Crippen molar-refractivity contribution in [1.82, 2.24) is 10.2 Å². The van der Waals surface area contributed by atoms with Crippen molar-refractivity contribution >= 4 is 23.6 Å². The first-order valence-electron chi connectivity index (χ1n) is 9.54. The Morgan fingerprint density at radius 1 is 1.11 bits per heavy atom. The highest BCUT2D eigenvalue weighted by Crippen LogP contribution is 2.31. The molecule has 3 N–H and O–H groups in total. The summed E-state index contributed by atoms with van der Waals surface area (Å²) in [6.07, 6.45) is 1.58. The summed E-state index contributed by atoms with van der Waals surface area (Å²) in [6, 6.07) is 7.05. The van der Waals surface area contributed by atoms with E-state index in [4.69, 9.17) is 5.11 Å². The first-order valence-corrected chi connectivity index (χ1v) is 9.54. The second-order valence-corrected chi connectivity index (χ2v) is 7.00. The first-order chi connectivity index (χ1) is 12.8. The molecule has 1 fully saturated rings. The van der Waals surface area contributed by atoms with E-state index < -0.39 is 11.9 Å². The van der Waals surface area contributed by atoms with Gasteiger partial charge in [0.2, 0.25) is 5.91 Å². The summed E-state index contributed by atoms with van der Waals surface area (Å²) in [7, 11) is 0. The van der Waals surface area contributed by atoms with E-state index in [1.165, 1.54) is 0 Å². The maximum atomic E-state index is 12.4. The Labute approximate surface area is 160 Å². The summed E-state index contributed by atoms with van der Waals surface area (Å²) in [6.45, 7) is 7.05. The minimum Gasteiger partial charge on any atom is -0.481 e. The van der Waals surface area contributed by atoms with Crippen molar-refractivity contribution < 1.29 is 19.5 Å². The lowest BCUT2D eigenvalue weighted by molar-refractivity contribution is -0.141. The van der Waals surface area contributed by atoms with Crippen molar-refractivity contribution in [2.45, 2.75) is 46.1 Å². The summed E-state index contributed by atoms with van der Waals surface area (Å²) in [5.41, 5.74) is 1.63. The summed E-state index contributed by atoms with van der Waals surface area (Å²) in [5.74, 6) is -1.56. The number of benzene rings is 1. The molecule has 0 aliphatic heterocycles. The number of carboxylic acids is 1. The van der Waals surface area contributed by atoms with Crippen LogP contribution in [-0.4, -0.2) is 41.0 Å². The molecule has 1 unspecified atom stereocenters. The highest BCUT2D eigenvalue weighted by atomic mass is 16.4. The van der Waals surface area contributed by atoms with Crippen molar-refractivity contribution in [1.29, 1.82) is 0 Å². The monoisotopic (exact) mass is 375 g/mol. The van der Waals surface area contributed by atoms with Crippen LogP contribution in [0.5, 0.6) is 0 Å². The van der Waals surface area contributed by atoms with Gasteiger partial charge in [-0.2, -0.15) is 0 Å². The van der Waals surface area contributed by atoms with Crippen molar-refractivity contribution in [3.8, 4) is 0 Å². The van der Waals surface area contributed by atoms with E-state index in [9.17, 15) is 14.4 Å². The Morgan fingerprint density at radius 3 is 2.22 bits per heavy atom. The number of amides is 3. The van der Waals surface area contributed by atoms with Crippen LogP contribution in [-0.2, 0) is 9.59 Å². The molecule has 148 valence electrons. The van der Waals surface area contributed by atoms with Crippen LogP contribution in [0.4, 0.5) is 10.5 Å². The Kier molecular flexibility index (Phi) is 7.21. The lowest BCUT2D eigenvalue weighted by atomic mass is 10.0. The molecular formula is C20H29N3O4. The number of carbonyl (C=O) groups is 3. The maximum Gasteiger partial charge on any atom is 0.321 e. The topological polar surface area (TPSA) is 98.7 Å². The molecular weight excluding hydrogens is 346 g/mol. The fourth-order valence-corrected chi connectivity index (χ4v) is 3.43. The summed E-state index contributed by atoms with van der Waals surface area (Å²) < 4.78 is 0. The fraction of sp³-hybridized carbons (Fsp3) is 0.550. The average Bonchev–Trinajstić information content (AvgIpc) is 3.14. The third-order valence-corrected chi connectivity index (χ3v) is 5.22. The largest absolute Gasteiger partial charge is 0.481 e. The molecule has 27 heavy (non-hydrogen) atoms. The minimum atomic E-state index is -0.819. The van der Waals surface area contributed by atoms with Gasteiger partial charge in [-0.1, -0.05) is 12.1 Å². The highest BCUT2D eigenvalue weighted by molar-refractivity contribution is 5.89. The van der Waals surface area contributed by atoms with E-state index in [1.54, 1.807) is 4.90 Å². The molecule has 0 heterocycles. The predicted octanol–water partition coefficient (Wildman–Crippen LogP) is 3.24. The van der Waals surface area contributed by atoms with Gasteiger partial charge in [-0.15, -0.1) is 0 Å². The van der Waals surface area contributed by atoms with Gasteiger partial charge >= 0.3 is 12.0 Å². The quantitative estimate of drug-likeness (QED) is 0.681.